The van der Waals surface area contributed by atoms with Crippen LogP contribution >= 0.6 is 15.9 Å². The molecule has 1 heterocycles. The number of aromatic amines is 1. The summed E-state index contributed by atoms with van der Waals surface area (Å²) >= 11 is 3.29. The second-order valence-electron chi connectivity index (χ2n) is 3.47. The van der Waals surface area contributed by atoms with E-state index in [1.807, 2.05) is 4.98 Å². The number of alkyl halides is 1. The monoisotopic (exact) mass is 305 g/mol. The van der Waals surface area contributed by atoms with Gasteiger partial charge in [-0.1, -0.05) is 22.4 Å². The SMILES string of the molecule is O=c1[nH]c(=O)n(CCCCCBr)cc1[N+](=O)[O-]. The third-order valence-electron chi connectivity index (χ3n) is 2.22. The predicted molar refractivity (Wildman–Crippen MR) is 65.6 cm³/mol. The molecule has 0 aliphatic rings. The van der Waals surface area contributed by atoms with Gasteiger partial charge in [-0.05, 0) is 12.8 Å². The van der Waals surface area contributed by atoms with Crippen LogP contribution in [0.2, 0.25) is 0 Å². The number of nitro groups is 1. The van der Waals surface area contributed by atoms with E-state index >= 15 is 0 Å². The van der Waals surface area contributed by atoms with E-state index in [0.29, 0.717) is 6.54 Å². The third kappa shape index (κ3) is 3.81. The van der Waals surface area contributed by atoms with E-state index in [1.54, 1.807) is 0 Å². The molecule has 1 rings (SSSR count). The summed E-state index contributed by atoms with van der Waals surface area (Å²) in [4.78, 5) is 34.1. The Labute approximate surface area is 105 Å². The number of nitrogens with one attached hydrogen (secondary N) is 1. The number of aromatic nitrogens is 2. The second kappa shape index (κ2) is 6.33. The molecule has 0 unspecified atom stereocenters. The van der Waals surface area contributed by atoms with Gasteiger partial charge in [0.05, 0.1) is 11.1 Å². The fourth-order valence-corrected chi connectivity index (χ4v) is 1.74. The molecule has 8 heteroatoms. The Morgan fingerprint density at radius 1 is 1.35 bits per heavy atom. The van der Waals surface area contributed by atoms with E-state index in [1.165, 1.54) is 0 Å². The van der Waals surface area contributed by atoms with Crippen LogP contribution in [-0.4, -0.2) is 19.8 Å². The maximum Gasteiger partial charge on any atom is 0.350 e. The molecule has 0 amide bonds. The van der Waals surface area contributed by atoms with Crippen molar-refractivity contribution in [2.75, 3.05) is 5.33 Å². The number of H-pyrrole nitrogens is 1. The van der Waals surface area contributed by atoms with Crippen LogP contribution in [0, 0.1) is 10.1 Å². The lowest BCUT2D eigenvalue weighted by Gasteiger charge is -2.03. The van der Waals surface area contributed by atoms with Crippen LogP contribution in [0.4, 0.5) is 5.69 Å². The topological polar surface area (TPSA) is 98.0 Å². The maximum absolute atomic E-state index is 11.4. The summed E-state index contributed by atoms with van der Waals surface area (Å²) in [5.74, 6) is 0. The molecular formula is C9H12BrN3O4. The molecule has 0 saturated carbocycles. The van der Waals surface area contributed by atoms with Crippen LogP contribution in [-0.2, 0) is 6.54 Å². The van der Waals surface area contributed by atoms with E-state index < -0.39 is 21.9 Å². The van der Waals surface area contributed by atoms with E-state index in [9.17, 15) is 19.7 Å². The summed E-state index contributed by atoms with van der Waals surface area (Å²) in [6.45, 7) is 0.365. The molecular weight excluding hydrogens is 294 g/mol. The van der Waals surface area contributed by atoms with Crippen molar-refractivity contribution in [3.8, 4) is 0 Å². The highest BCUT2D eigenvalue weighted by Gasteiger charge is 2.14. The van der Waals surface area contributed by atoms with Gasteiger partial charge in [0.15, 0.2) is 0 Å². The number of hydrogen-bond donors (Lipinski definition) is 1. The van der Waals surface area contributed by atoms with Gasteiger partial charge in [0.1, 0.15) is 0 Å². The molecule has 94 valence electrons. The lowest BCUT2D eigenvalue weighted by molar-refractivity contribution is -0.386. The van der Waals surface area contributed by atoms with Gasteiger partial charge in [0.25, 0.3) is 0 Å². The Hall–Kier alpha value is -1.44. The molecule has 1 aromatic rings. The minimum atomic E-state index is -0.961. The van der Waals surface area contributed by atoms with Gasteiger partial charge >= 0.3 is 16.9 Å². The molecule has 0 spiro atoms. The zero-order valence-electron chi connectivity index (χ0n) is 9.02. The highest BCUT2D eigenvalue weighted by Crippen LogP contribution is 2.03. The van der Waals surface area contributed by atoms with Crippen molar-refractivity contribution in [2.24, 2.45) is 0 Å². The maximum atomic E-state index is 11.4. The first-order chi connectivity index (χ1) is 8.06. The molecule has 0 bridgehead atoms. The summed E-state index contributed by atoms with van der Waals surface area (Å²) in [6.07, 6.45) is 3.61. The molecule has 0 saturated heterocycles. The molecule has 1 aromatic heterocycles. The van der Waals surface area contributed by atoms with Gasteiger partial charge in [0.2, 0.25) is 0 Å². The fourth-order valence-electron chi connectivity index (χ4n) is 1.35. The van der Waals surface area contributed by atoms with Gasteiger partial charge in [-0.3, -0.25) is 24.5 Å². The first-order valence-corrected chi connectivity index (χ1v) is 6.22. The van der Waals surface area contributed by atoms with Crippen molar-refractivity contribution in [1.82, 2.24) is 9.55 Å². The van der Waals surface area contributed by atoms with Gasteiger partial charge < -0.3 is 0 Å². The van der Waals surface area contributed by atoms with Gasteiger partial charge in [0, 0.05) is 11.9 Å². The molecule has 17 heavy (non-hydrogen) atoms. The normalized spacial score (nSPS) is 10.4. The molecule has 0 radical (unpaired) electrons. The molecule has 0 aromatic carbocycles. The first kappa shape index (κ1) is 13.6. The lowest BCUT2D eigenvalue weighted by atomic mass is 10.2. The van der Waals surface area contributed by atoms with Crippen LogP contribution in [0.1, 0.15) is 19.3 Å². The van der Waals surface area contributed by atoms with Crippen molar-refractivity contribution >= 4 is 21.6 Å². The van der Waals surface area contributed by atoms with E-state index in [-0.39, 0.29) is 0 Å². The Morgan fingerprint density at radius 3 is 2.65 bits per heavy atom. The molecule has 0 aliphatic carbocycles. The number of hydrogen-bond acceptors (Lipinski definition) is 4. The van der Waals surface area contributed by atoms with Gasteiger partial charge in [-0.2, -0.15) is 0 Å². The molecule has 7 nitrogen and oxygen atoms in total. The van der Waals surface area contributed by atoms with Crippen LogP contribution in [0.3, 0.4) is 0 Å². The molecule has 0 fully saturated rings. The van der Waals surface area contributed by atoms with Crippen LogP contribution < -0.4 is 11.2 Å². The average molecular weight is 306 g/mol. The fraction of sp³-hybridized carbons (Fsp3) is 0.556. The Bertz CT molecular complexity index is 508. The molecule has 1 N–H and O–H groups in total. The third-order valence-corrected chi connectivity index (χ3v) is 2.78. The number of halogens is 1. The van der Waals surface area contributed by atoms with Crippen molar-refractivity contribution in [3.05, 3.63) is 37.1 Å². The standard InChI is InChI=1S/C9H12BrN3O4/c10-4-2-1-3-5-12-6-7(13(16)17)8(14)11-9(12)15/h6H,1-5H2,(H,11,14,15). The van der Waals surface area contributed by atoms with E-state index in [2.05, 4.69) is 15.9 Å². The zero-order chi connectivity index (χ0) is 12.8. The minimum Gasteiger partial charge on any atom is -0.294 e. The summed E-state index contributed by atoms with van der Waals surface area (Å²) in [5.41, 5.74) is -2.18. The van der Waals surface area contributed by atoms with Crippen LogP contribution in [0.25, 0.3) is 0 Å². The summed E-state index contributed by atoms with van der Waals surface area (Å²) in [5, 5.41) is 11.4. The number of unbranched alkanes of at least 4 members (excludes halogenated alkanes) is 2. The Kier molecular flexibility index (Phi) is 5.08. The smallest absolute Gasteiger partial charge is 0.294 e. The zero-order valence-corrected chi connectivity index (χ0v) is 10.6. The van der Waals surface area contributed by atoms with Crippen LogP contribution in [0.15, 0.2) is 15.8 Å². The summed E-state index contributed by atoms with van der Waals surface area (Å²) < 4.78 is 1.16. The van der Waals surface area contributed by atoms with Crippen LogP contribution in [0.5, 0.6) is 0 Å². The minimum absolute atomic E-state index is 0.365. The highest BCUT2D eigenvalue weighted by atomic mass is 79.9. The lowest BCUT2D eigenvalue weighted by Crippen LogP contribution is -2.30. The van der Waals surface area contributed by atoms with Crippen molar-refractivity contribution in [3.63, 3.8) is 0 Å². The van der Waals surface area contributed by atoms with Gasteiger partial charge in [-0.25, -0.2) is 4.79 Å². The van der Waals surface area contributed by atoms with Crippen molar-refractivity contribution < 1.29 is 4.92 Å². The summed E-state index contributed by atoms with van der Waals surface area (Å²) in [6, 6.07) is 0. The van der Waals surface area contributed by atoms with Gasteiger partial charge in [-0.15, -0.1) is 0 Å². The first-order valence-electron chi connectivity index (χ1n) is 5.10. The van der Waals surface area contributed by atoms with E-state index in [4.69, 9.17) is 0 Å². The number of rotatable bonds is 6. The predicted octanol–water partition coefficient (Wildman–Crippen LogP) is 1.01. The Balaban J connectivity index is 2.85. The highest BCUT2D eigenvalue weighted by molar-refractivity contribution is 9.09. The molecule has 0 aliphatic heterocycles. The largest absolute Gasteiger partial charge is 0.350 e. The quantitative estimate of drug-likeness (QED) is 0.367. The molecule has 0 atom stereocenters. The second-order valence-corrected chi connectivity index (χ2v) is 4.27. The number of aryl methyl sites for hydroxylation is 1. The van der Waals surface area contributed by atoms with E-state index in [0.717, 1.165) is 35.4 Å². The summed E-state index contributed by atoms with van der Waals surface area (Å²) in [7, 11) is 0. The van der Waals surface area contributed by atoms with Crippen molar-refractivity contribution in [1.29, 1.82) is 0 Å². The average Bonchev–Trinajstić information content (AvgIpc) is 2.26. The van der Waals surface area contributed by atoms with Crippen molar-refractivity contribution in [2.45, 2.75) is 25.8 Å². The number of nitrogens with zero attached hydrogens (tertiary/aromatic N) is 2. The Morgan fingerprint density at radius 2 is 2.06 bits per heavy atom.